The number of benzene rings is 1. The van der Waals surface area contributed by atoms with E-state index in [0.29, 0.717) is 13.1 Å². The van der Waals surface area contributed by atoms with Crippen molar-refractivity contribution in [1.29, 1.82) is 0 Å². The first-order valence-corrected chi connectivity index (χ1v) is 8.83. The number of carbonyl (C=O) groups is 1. The molecule has 2 atom stereocenters. The van der Waals surface area contributed by atoms with Crippen molar-refractivity contribution in [2.24, 2.45) is 0 Å². The average Bonchev–Trinajstić information content (AvgIpc) is 2.57. The fourth-order valence-electron chi connectivity index (χ4n) is 2.94. The van der Waals surface area contributed by atoms with Crippen LogP contribution in [-0.4, -0.2) is 54.9 Å². The van der Waals surface area contributed by atoms with Gasteiger partial charge in [-0.3, -0.25) is 4.90 Å². The van der Waals surface area contributed by atoms with Crippen molar-refractivity contribution in [1.82, 2.24) is 15.5 Å². The summed E-state index contributed by atoms with van der Waals surface area (Å²) in [5, 5.41) is 5.73. The van der Waals surface area contributed by atoms with E-state index in [0.717, 1.165) is 18.7 Å². The number of rotatable bonds is 4. The van der Waals surface area contributed by atoms with Gasteiger partial charge in [-0.1, -0.05) is 30.0 Å². The molecule has 1 fully saturated rings. The lowest BCUT2D eigenvalue weighted by Gasteiger charge is -2.45. The molecule has 25 heavy (non-hydrogen) atoms. The van der Waals surface area contributed by atoms with Gasteiger partial charge in [0.25, 0.3) is 0 Å². The number of nitrogens with zero attached hydrogens (tertiary/aromatic N) is 1. The zero-order valence-corrected chi connectivity index (χ0v) is 15.6. The highest BCUT2D eigenvalue weighted by Crippen LogP contribution is 2.20. The molecule has 2 unspecified atom stereocenters. The van der Waals surface area contributed by atoms with Gasteiger partial charge in [-0.15, -0.1) is 0 Å². The molecule has 0 bridgehead atoms. The van der Waals surface area contributed by atoms with Gasteiger partial charge < -0.3 is 15.4 Å². The van der Waals surface area contributed by atoms with E-state index >= 15 is 0 Å². The van der Waals surface area contributed by atoms with E-state index in [1.165, 1.54) is 0 Å². The molecule has 1 aromatic rings. The molecule has 1 heterocycles. The maximum Gasteiger partial charge on any atom is 0.315 e. The minimum absolute atomic E-state index is 0.126. The molecule has 0 aromatic heterocycles. The number of hydrogen-bond donors (Lipinski definition) is 2. The topological polar surface area (TPSA) is 53.6 Å². The summed E-state index contributed by atoms with van der Waals surface area (Å²) in [7, 11) is 0. The van der Waals surface area contributed by atoms with Crippen LogP contribution in [0.2, 0.25) is 0 Å². The van der Waals surface area contributed by atoms with Crippen molar-refractivity contribution in [3.63, 3.8) is 0 Å². The van der Waals surface area contributed by atoms with Crippen LogP contribution in [0.3, 0.4) is 0 Å². The van der Waals surface area contributed by atoms with Crippen molar-refractivity contribution < 1.29 is 9.53 Å². The minimum atomic E-state index is -0.190. The van der Waals surface area contributed by atoms with Crippen molar-refractivity contribution in [3.8, 4) is 11.8 Å². The zero-order chi connectivity index (χ0) is 18.3. The van der Waals surface area contributed by atoms with Crippen LogP contribution in [0, 0.1) is 11.8 Å². The number of urea groups is 1. The van der Waals surface area contributed by atoms with Gasteiger partial charge in [0, 0.05) is 30.7 Å². The molecule has 2 N–H and O–H groups in total. The van der Waals surface area contributed by atoms with Crippen molar-refractivity contribution in [2.45, 2.75) is 45.4 Å². The van der Waals surface area contributed by atoms with Crippen LogP contribution in [0.25, 0.3) is 0 Å². The fraction of sp³-hybridized carbons (Fsp3) is 0.550. The Morgan fingerprint density at radius 1 is 1.20 bits per heavy atom. The first-order valence-electron chi connectivity index (χ1n) is 8.83. The van der Waals surface area contributed by atoms with Crippen LogP contribution in [-0.2, 0) is 4.74 Å². The van der Waals surface area contributed by atoms with Crippen LogP contribution in [0.1, 0.15) is 33.3 Å². The van der Waals surface area contributed by atoms with Gasteiger partial charge in [0.2, 0.25) is 0 Å². The zero-order valence-electron chi connectivity index (χ0n) is 15.6. The molecule has 5 nitrogen and oxygen atoms in total. The molecule has 1 aliphatic rings. The molecule has 5 heteroatoms. The smallest absolute Gasteiger partial charge is 0.315 e. The van der Waals surface area contributed by atoms with Crippen LogP contribution in [0.5, 0.6) is 0 Å². The number of hydrogen-bond acceptors (Lipinski definition) is 3. The van der Waals surface area contributed by atoms with Gasteiger partial charge in [-0.2, -0.15) is 0 Å². The SMILES string of the molecule is CC1CN(C(C)(C)CNC(=O)NCC#Cc2ccccc2)CC(C)O1. The Bertz CT molecular complexity index is 609. The summed E-state index contributed by atoms with van der Waals surface area (Å²) in [5.74, 6) is 5.97. The molecule has 0 saturated carbocycles. The van der Waals surface area contributed by atoms with Gasteiger partial charge in [-0.25, -0.2) is 4.79 Å². The largest absolute Gasteiger partial charge is 0.373 e. The van der Waals surface area contributed by atoms with Gasteiger partial charge in [-0.05, 0) is 39.8 Å². The van der Waals surface area contributed by atoms with Gasteiger partial charge in [0.05, 0.1) is 18.8 Å². The Balaban J connectivity index is 1.74. The number of ether oxygens (including phenoxy) is 1. The Labute approximate surface area is 151 Å². The average molecular weight is 343 g/mol. The second-order valence-corrected chi connectivity index (χ2v) is 7.18. The molecule has 2 amide bonds. The summed E-state index contributed by atoms with van der Waals surface area (Å²) in [6, 6.07) is 9.54. The molecule has 0 radical (unpaired) electrons. The number of nitrogens with one attached hydrogen (secondary N) is 2. The maximum absolute atomic E-state index is 12.0. The van der Waals surface area contributed by atoms with E-state index in [1.807, 2.05) is 30.3 Å². The lowest BCUT2D eigenvalue weighted by atomic mass is 10.0. The highest BCUT2D eigenvalue weighted by molar-refractivity contribution is 5.74. The Hall–Kier alpha value is -2.03. The highest BCUT2D eigenvalue weighted by atomic mass is 16.5. The standard InChI is InChI=1S/C20H29N3O2/c1-16-13-23(14-17(2)25-16)20(3,4)15-22-19(24)21-12-8-11-18-9-6-5-7-10-18/h5-7,9-10,16-17H,12-15H2,1-4H3,(H2,21,22,24). The Morgan fingerprint density at radius 2 is 1.84 bits per heavy atom. The van der Waals surface area contributed by atoms with E-state index in [-0.39, 0.29) is 23.8 Å². The van der Waals surface area contributed by atoms with Crippen molar-refractivity contribution in [3.05, 3.63) is 35.9 Å². The Morgan fingerprint density at radius 3 is 2.48 bits per heavy atom. The summed E-state index contributed by atoms with van der Waals surface area (Å²) in [5.41, 5.74) is 0.820. The minimum Gasteiger partial charge on any atom is -0.373 e. The molecule has 0 spiro atoms. The number of carbonyl (C=O) groups excluding carboxylic acids is 1. The lowest BCUT2D eigenvalue weighted by Crippen LogP contribution is -2.59. The van der Waals surface area contributed by atoms with Gasteiger partial charge >= 0.3 is 6.03 Å². The fourth-order valence-corrected chi connectivity index (χ4v) is 2.94. The van der Waals surface area contributed by atoms with E-state index in [2.05, 4.69) is 55.1 Å². The van der Waals surface area contributed by atoms with Crippen LogP contribution < -0.4 is 10.6 Å². The predicted octanol–water partition coefficient (Wildman–Crippen LogP) is 2.23. The molecule has 0 aliphatic carbocycles. The summed E-state index contributed by atoms with van der Waals surface area (Å²) in [4.78, 5) is 14.4. The van der Waals surface area contributed by atoms with E-state index < -0.39 is 0 Å². The third kappa shape index (κ3) is 6.41. The third-order valence-corrected chi connectivity index (χ3v) is 4.30. The summed E-state index contributed by atoms with van der Waals surface area (Å²) in [6.45, 7) is 11.1. The third-order valence-electron chi connectivity index (χ3n) is 4.30. The predicted molar refractivity (Wildman–Crippen MR) is 100 cm³/mol. The number of morpholine rings is 1. The lowest BCUT2D eigenvalue weighted by molar-refractivity contribution is -0.0947. The molecule has 1 saturated heterocycles. The highest BCUT2D eigenvalue weighted by Gasteiger charge is 2.33. The second-order valence-electron chi connectivity index (χ2n) is 7.18. The van der Waals surface area contributed by atoms with Crippen LogP contribution >= 0.6 is 0 Å². The summed E-state index contributed by atoms with van der Waals surface area (Å²) >= 11 is 0. The first kappa shape index (κ1) is 19.3. The van der Waals surface area contributed by atoms with Crippen LogP contribution in [0.4, 0.5) is 4.79 Å². The quantitative estimate of drug-likeness (QED) is 0.825. The molecular formula is C20H29N3O2. The molecule has 136 valence electrons. The van der Waals surface area contributed by atoms with E-state index in [4.69, 9.17) is 4.74 Å². The maximum atomic E-state index is 12.0. The van der Waals surface area contributed by atoms with Gasteiger partial charge in [0.15, 0.2) is 0 Å². The Kier molecular flexibility index (Phi) is 6.86. The van der Waals surface area contributed by atoms with Gasteiger partial charge in [0.1, 0.15) is 0 Å². The second kappa shape index (κ2) is 8.89. The molecule has 2 rings (SSSR count). The monoisotopic (exact) mass is 343 g/mol. The molecule has 1 aliphatic heterocycles. The van der Waals surface area contributed by atoms with Crippen molar-refractivity contribution in [2.75, 3.05) is 26.2 Å². The number of amides is 2. The molecular weight excluding hydrogens is 314 g/mol. The summed E-state index contributed by atoms with van der Waals surface area (Å²) in [6.07, 6.45) is 0.426. The van der Waals surface area contributed by atoms with Crippen LogP contribution in [0.15, 0.2) is 30.3 Å². The normalized spacial score (nSPS) is 21.1. The van der Waals surface area contributed by atoms with E-state index in [1.54, 1.807) is 0 Å². The van der Waals surface area contributed by atoms with E-state index in [9.17, 15) is 4.79 Å². The summed E-state index contributed by atoms with van der Waals surface area (Å²) < 4.78 is 5.78. The van der Waals surface area contributed by atoms with Crippen molar-refractivity contribution >= 4 is 6.03 Å². The first-order chi connectivity index (χ1) is 11.9. The molecule has 1 aromatic carbocycles.